The summed E-state index contributed by atoms with van der Waals surface area (Å²) in [5.74, 6) is -1.02. The van der Waals surface area contributed by atoms with Gasteiger partial charge in [-0.15, -0.1) is 0 Å². The molecule has 0 amide bonds. The van der Waals surface area contributed by atoms with Crippen LogP contribution in [0.5, 0.6) is 0 Å². The first-order valence-corrected chi connectivity index (χ1v) is 4.35. The Balaban J connectivity index is 2.88. The van der Waals surface area contributed by atoms with Gasteiger partial charge in [-0.2, -0.15) is 5.10 Å². The van der Waals surface area contributed by atoms with Crippen LogP contribution in [0.15, 0.2) is 12.1 Å². The lowest BCUT2D eigenvalue weighted by molar-refractivity contribution is 0.0699. The number of aromatic amines is 1. The summed E-state index contributed by atoms with van der Waals surface area (Å²) in [5, 5.41) is 16.7. The summed E-state index contributed by atoms with van der Waals surface area (Å²) < 4.78 is 0. The average molecular weight is 211 g/mol. The molecular weight excluding hydrogens is 204 g/mol. The highest BCUT2D eigenvalue weighted by Gasteiger charge is 2.13. The van der Waals surface area contributed by atoms with Crippen molar-refractivity contribution in [1.29, 1.82) is 0 Å². The summed E-state index contributed by atoms with van der Waals surface area (Å²) >= 11 is 5.79. The van der Waals surface area contributed by atoms with Crippen molar-refractivity contribution in [2.24, 2.45) is 0 Å². The lowest BCUT2D eigenvalue weighted by atomic mass is 10.1. The highest BCUT2D eigenvalue weighted by Crippen LogP contribution is 2.24. The minimum atomic E-state index is -1.02. The van der Waals surface area contributed by atoms with Gasteiger partial charge in [-0.25, -0.2) is 4.79 Å². The number of carbonyl (C=O) groups is 1. The number of nitrogens with zero attached hydrogens (tertiary/aromatic N) is 1. The highest BCUT2D eigenvalue weighted by atomic mass is 35.5. The number of aromatic carboxylic acids is 1. The number of hydrogen-bond acceptors (Lipinski definition) is 2. The van der Waals surface area contributed by atoms with Crippen molar-refractivity contribution in [3.63, 3.8) is 0 Å². The molecule has 0 atom stereocenters. The number of benzene rings is 1. The molecule has 14 heavy (non-hydrogen) atoms. The van der Waals surface area contributed by atoms with Crippen molar-refractivity contribution in [2.75, 3.05) is 0 Å². The summed E-state index contributed by atoms with van der Waals surface area (Å²) in [7, 11) is 0. The Kier molecular flexibility index (Phi) is 1.93. The Morgan fingerprint density at radius 2 is 2.29 bits per heavy atom. The van der Waals surface area contributed by atoms with E-state index in [2.05, 4.69) is 10.2 Å². The molecule has 4 nitrogen and oxygen atoms in total. The van der Waals surface area contributed by atoms with Crippen molar-refractivity contribution < 1.29 is 9.90 Å². The number of carboxylic acids is 1. The van der Waals surface area contributed by atoms with Gasteiger partial charge in [0.15, 0.2) is 0 Å². The van der Waals surface area contributed by atoms with Gasteiger partial charge in [-0.05, 0) is 19.1 Å². The molecule has 0 bridgehead atoms. The Morgan fingerprint density at radius 3 is 2.93 bits per heavy atom. The summed E-state index contributed by atoms with van der Waals surface area (Å²) in [6.07, 6.45) is 0. The molecule has 5 heteroatoms. The van der Waals surface area contributed by atoms with Gasteiger partial charge in [-0.1, -0.05) is 11.6 Å². The quantitative estimate of drug-likeness (QED) is 0.759. The fraction of sp³-hybridized carbons (Fsp3) is 0.111. The molecule has 0 spiro atoms. The van der Waals surface area contributed by atoms with E-state index in [1.807, 2.05) is 6.92 Å². The van der Waals surface area contributed by atoms with Crippen LogP contribution < -0.4 is 0 Å². The van der Waals surface area contributed by atoms with Crippen LogP contribution in [0, 0.1) is 6.92 Å². The maximum Gasteiger partial charge on any atom is 0.338 e. The number of aromatic nitrogens is 2. The van der Waals surface area contributed by atoms with E-state index in [-0.39, 0.29) is 5.56 Å². The van der Waals surface area contributed by atoms with Crippen molar-refractivity contribution >= 4 is 28.5 Å². The number of aryl methyl sites for hydroxylation is 1. The van der Waals surface area contributed by atoms with Crippen molar-refractivity contribution in [2.45, 2.75) is 6.92 Å². The second-order valence-electron chi connectivity index (χ2n) is 3.00. The second-order valence-corrected chi connectivity index (χ2v) is 3.44. The molecule has 72 valence electrons. The van der Waals surface area contributed by atoms with Crippen LogP contribution in [0.25, 0.3) is 10.9 Å². The van der Waals surface area contributed by atoms with E-state index in [0.29, 0.717) is 10.5 Å². The van der Waals surface area contributed by atoms with Crippen LogP contribution in [0.2, 0.25) is 5.02 Å². The lowest BCUT2D eigenvalue weighted by Crippen LogP contribution is -1.97. The molecule has 0 aliphatic heterocycles. The van der Waals surface area contributed by atoms with E-state index >= 15 is 0 Å². The zero-order valence-electron chi connectivity index (χ0n) is 7.34. The SMILES string of the molecule is Cc1[nH]nc2c(C(=O)O)cc(Cl)cc12. The molecule has 0 saturated heterocycles. The third kappa shape index (κ3) is 1.24. The molecule has 2 N–H and O–H groups in total. The second kappa shape index (κ2) is 2.99. The zero-order valence-corrected chi connectivity index (χ0v) is 8.09. The van der Waals surface area contributed by atoms with E-state index in [1.54, 1.807) is 6.07 Å². The maximum atomic E-state index is 10.9. The van der Waals surface area contributed by atoms with E-state index in [4.69, 9.17) is 16.7 Å². The number of fused-ring (bicyclic) bond motifs is 1. The predicted molar refractivity (Wildman–Crippen MR) is 52.8 cm³/mol. The maximum absolute atomic E-state index is 10.9. The molecule has 0 radical (unpaired) electrons. The standard InChI is InChI=1S/C9H7ClN2O2/c1-4-6-2-5(10)3-7(9(13)14)8(6)12-11-4/h2-3H,1H3,(H,11,12)(H,13,14). The largest absolute Gasteiger partial charge is 0.478 e. The van der Waals surface area contributed by atoms with Gasteiger partial charge in [0.1, 0.15) is 5.52 Å². The van der Waals surface area contributed by atoms with E-state index < -0.39 is 5.97 Å². The number of hydrogen-bond donors (Lipinski definition) is 2. The van der Waals surface area contributed by atoms with E-state index in [1.165, 1.54) is 6.07 Å². The van der Waals surface area contributed by atoms with Crippen LogP contribution in [0.3, 0.4) is 0 Å². The molecule has 0 aliphatic carbocycles. The molecule has 0 fully saturated rings. The number of carboxylic acid groups (broad SMARTS) is 1. The van der Waals surface area contributed by atoms with Crippen LogP contribution in [-0.4, -0.2) is 21.3 Å². The van der Waals surface area contributed by atoms with Gasteiger partial charge in [0.25, 0.3) is 0 Å². The normalized spacial score (nSPS) is 10.7. The zero-order chi connectivity index (χ0) is 10.3. The smallest absolute Gasteiger partial charge is 0.338 e. The van der Waals surface area contributed by atoms with Gasteiger partial charge in [0.05, 0.1) is 5.56 Å². The summed E-state index contributed by atoms with van der Waals surface area (Å²) in [6, 6.07) is 3.09. The van der Waals surface area contributed by atoms with Crippen LogP contribution in [-0.2, 0) is 0 Å². The molecule has 2 aromatic rings. The summed E-state index contributed by atoms with van der Waals surface area (Å²) in [5.41, 5.74) is 1.38. The molecule has 0 aliphatic rings. The number of rotatable bonds is 1. The van der Waals surface area contributed by atoms with Gasteiger partial charge in [0, 0.05) is 16.1 Å². The summed E-state index contributed by atoms with van der Waals surface area (Å²) in [4.78, 5) is 10.9. The summed E-state index contributed by atoms with van der Waals surface area (Å²) in [6.45, 7) is 1.82. The number of H-pyrrole nitrogens is 1. The minimum absolute atomic E-state index is 0.122. The van der Waals surface area contributed by atoms with Crippen LogP contribution in [0.4, 0.5) is 0 Å². The molecular formula is C9H7ClN2O2. The first kappa shape index (κ1) is 9.02. The van der Waals surface area contributed by atoms with Crippen LogP contribution >= 0.6 is 11.6 Å². The topological polar surface area (TPSA) is 66.0 Å². The molecule has 1 aromatic heterocycles. The van der Waals surface area contributed by atoms with Crippen molar-refractivity contribution in [3.8, 4) is 0 Å². The van der Waals surface area contributed by atoms with E-state index in [9.17, 15) is 4.79 Å². The Bertz CT molecular complexity index is 519. The fourth-order valence-electron chi connectivity index (χ4n) is 1.37. The molecule has 2 rings (SSSR count). The van der Waals surface area contributed by atoms with Crippen LogP contribution in [0.1, 0.15) is 16.1 Å². The van der Waals surface area contributed by atoms with Crippen molar-refractivity contribution in [3.05, 3.63) is 28.4 Å². The Labute approximate surface area is 84.5 Å². The molecule has 1 aromatic carbocycles. The van der Waals surface area contributed by atoms with Gasteiger partial charge >= 0.3 is 5.97 Å². The Morgan fingerprint density at radius 1 is 1.57 bits per heavy atom. The third-order valence-electron chi connectivity index (χ3n) is 2.04. The third-order valence-corrected chi connectivity index (χ3v) is 2.26. The number of nitrogens with one attached hydrogen (secondary N) is 1. The molecule has 1 heterocycles. The van der Waals surface area contributed by atoms with Gasteiger partial charge in [-0.3, -0.25) is 5.10 Å². The lowest BCUT2D eigenvalue weighted by Gasteiger charge is -1.97. The fourth-order valence-corrected chi connectivity index (χ4v) is 1.59. The highest BCUT2D eigenvalue weighted by molar-refractivity contribution is 6.32. The first-order chi connectivity index (χ1) is 6.59. The Hall–Kier alpha value is -1.55. The first-order valence-electron chi connectivity index (χ1n) is 3.97. The monoisotopic (exact) mass is 210 g/mol. The molecule has 0 saturated carbocycles. The molecule has 0 unspecified atom stereocenters. The van der Waals surface area contributed by atoms with Gasteiger partial charge < -0.3 is 5.11 Å². The van der Waals surface area contributed by atoms with Crippen molar-refractivity contribution in [1.82, 2.24) is 10.2 Å². The number of halogens is 1. The van der Waals surface area contributed by atoms with Gasteiger partial charge in [0.2, 0.25) is 0 Å². The minimum Gasteiger partial charge on any atom is -0.478 e. The van der Waals surface area contributed by atoms with E-state index in [0.717, 1.165) is 11.1 Å². The average Bonchev–Trinajstić information content (AvgIpc) is 2.47. The predicted octanol–water partition coefficient (Wildman–Crippen LogP) is 2.22.